The lowest BCUT2D eigenvalue weighted by Gasteiger charge is -2.17. The predicted octanol–water partition coefficient (Wildman–Crippen LogP) is 3.17. The standard InChI is InChI=1S/C19H23FN4O3S/c20-16-8-7-14(13-17(16)28(26,27)23-11-3-4-12-23)19(25)22-18-9-10-21-24(18)15-5-1-2-6-15/h7-10,13,15H,1-6,11-12H2,(H,22,25). The van der Waals surface area contributed by atoms with Gasteiger partial charge in [0.1, 0.15) is 16.5 Å². The zero-order valence-corrected chi connectivity index (χ0v) is 16.3. The average Bonchev–Trinajstić information content (AvgIpc) is 3.43. The van der Waals surface area contributed by atoms with Gasteiger partial charge in [-0.05, 0) is 43.9 Å². The van der Waals surface area contributed by atoms with Crippen LogP contribution in [0.5, 0.6) is 0 Å². The van der Waals surface area contributed by atoms with Crippen molar-refractivity contribution in [3.63, 3.8) is 0 Å². The van der Waals surface area contributed by atoms with Crippen molar-refractivity contribution in [3.8, 4) is 0 Å². The molecule has 9 heteroatoms. The first-order valence-electron chi connectivity index (χ1n) is 9.61. The second-order valence-electron chi connectivity index (χ2n) is 7.31. The summed E-state index contributed by atoms with van der Waals surface area (Å²) in [4.78, 5) is 12.3. The number of hydrogen-bond donors (Lipinski definition) is 1. The Morgan fingerprint density at radius 2 is 1.82 bits per heavy atom. The molecule has 1 aromatic heterocycles. The van der Waals surface area contributed by atoms with E-state index in [2.05, 4.69) is 10.4 Å². The number of nitrogens with one attached hydrogen (secondary N) is 1. The minimum Gasteiger partial charge on any atom is -0.307 e. The highest BCUT2D eigenvalue weighted by molar-refractivity contribution is 7.89. The van der Waals surface area contributed by atoms with Crippen LogP contribution >= 0.6 is 0 Å². The number of carbonyl (C=O) groups is 1. The van der Waals surface area contributed by atoms with Crippen LogP contribution in [0.4, 0.5) is 10.2 Å². The van der Waals surface area contributed by atoms with E-state index in [4.69, 9.17) is 0 Å². The van der Waals surface area contributed by atoms with Crippen LogP contribution in [-0.4, -0.2) is 41.5 Å². The second kappa shape index (κ2) is 7.63. The molecule has 1 aliphatic heterocycles. The van der Waals surface area contributed by atoms with Crippen molar-refractivity contribution in [3.05, 3.63) is 41.8 Å². The third-order valence-corrected chi connectivity index (χ3v) is 7.37. The molecule has 1 aromatic carbocycles. The summed E-state index contributed by atoms with van der Waals surface area (Å²) in [5, 5.41) is 7.09. The van der Waals surface area contributed by atoms with E-state index in [1.807, 2.05) is 0 Å². The SMILES string of the molecule is O=C(Nc1ccnn1C1CCCC1)c1ccc(F)c(S(=O)(=O)N2CCCC2)c1. The molecular weight excluding hydrogens is 383 g/mol. The van der Waals surface area contributed by atoms with E-state index in [1.54, 1.807) is 16.9 Å². The number of hydrogen-bond acceptors (Lipinski definition) is 4. The van der Waals surface area contributed by atoms with Crippen molar-refractivity contribution in [2.45, 2.75) is 49.5 Å². The average molecular weight is 406 g/mol. The molecule has 0 radical (unpaired) electrons. The van der Waals surface area contributed by atoms with Crippen LogP contribution in [0.3, 0.4) is 0 Å². The van der Waals surface area contributed by atoms with Gasteiger partial charge in [0.25, 0.3) is 5.91 Å². The fourth-order valence-electron chi connectivity index (χ4n) is 3.95. The van der Waals surface area contributed by atoms with E-state index in [-0.39, 0.29) is 11.6 Å². The number of halogens is 1. The summed E-state index contributed by atoms with van der Waals surface area (Å²) in [5.41, 5.74) is 0.0957. The number of nitrogens with zero attached hydrogens (tertiary/aromatic N) is 3. The summed E-state index contributed by atoms with van der Waals surface area (Å²) in [6, 6.07) is 5.41. The van der Waals surface area contributed by atoms with Gasteiger partial charge in [-0.2, -0.15) is 9.40 Å². The van der Waals surface area contributed by atoms with E-state index in [1.165, 1.54) is 10.4 Å². The minimum absolute atomic E-state index is 0.0957. The van der Waals surface area contributed by atoms with Crippen LogP contribution in [0, 0.1) is 5.82 Å². The molecule has 1 saturated carbocycles. The Bertz CT molecular complexity index is 977. The quantitative estimate of drug-likeness (QED) is 0.827. The normalized spacial score (nSPS) is 18.6. The summed E-state index contributed by atoms with van der Waals surface area (Å²) in [6.07, 6.45) is 7.43. The van der Waals surface area contributed by atoms with Crippen LogP contribution in [0.2, 0.25) is 0 Å². The maximum Gasteiger partial charge on any atom is 0.256 e. The number of rotatable bonds is 5. The molecule has 1 saturated heterocycles. The highest BCUT2D eigenvalue weighted by atomic mass is 32.2. The Labute approximate surface area is 163 Å². The first kappa shape index (κ1) is 19.1. The fraction of sp³-hybridized carbons (Fsp3) is 0.474. The smallest absolute Gasteiger partial charge is 0.256 e. The largest absolute Gasteiger partial charge is 0.307 e. The van der Waals surface area contributed by atoms with E-state index in [0.717, 1.165) is 50.7 Å². The van der Waals surface area contributed by atoms with Crippen LogP contribution in [0.25, 0.3) is 0 Å². The van der Waals surface area contributed by atoms with Crippen LogP contribution < -0.4 is 5.32 Å². The van der Waals surface area contributed by atoms with Crippen LogP contribution in [0.1, 0.15) is 54.9 Å². The van der Waals surface area contributed by atoms with E-state index < -0.39 is 26.6 Å². The summed E-state index contributed by atoms with van der Waals surface area (Å²) in [6.45, 7) is 0.748. The van der Waals surface area contributed by atoms with Gasteiger partial charge in [0.05, 0.1) is 12.2 Å². The molecule has 2 aliphatic rings. The molecule has 0 spiro atoms. The van der Waals surface area contributed by atoms with Crippen molar-refractivity contribution in [1.82, 2.24) is 14.1 Å². The topological polar surface area (TPSA) is 84.3 Å². The van der Waals surface area contributed by atoms with Gasteiger partial charge in [-0.3, -0.25) is 4.79 Å². The number of amides is 1. The maximum absolute atomic E-state index is 14.3. The monoisotopic (exact) mass is 406 g/mol. The van der Waals surface area contributed by atoms with Crippen molar-refractivity contribution in [1.29, 1.82) is 0 Å². The molecule has 0 atom stereocenters. The third-order valence-electron chi connectivity index (χ3n) is 5.46. The second-order valence-corrected chi connectivity index (χ2v) is 9.22. The highest BCUT2D eigenvalue weighted by Gasteiger charge is 2.30. The number of benzene rings is 1. The summed E-state index contributed by atoms with van der Waals surface area (Å²) in [7, 11) is -3.95. The summed E-state index contributed by atoms with van der Waals surface area (Å²) < 4.78 is 42.8. The van der Waals surface area contributed by atoms with Crippen molar-refractivity contribution < 1.29 is 17.6 Å². The van der Waals surface area contributed by atoms with Crippen molar-refractivity contribution >= 4 is 21.7 Å². The van der Waals surface area contributed by atoms with Gasteiger partial charge in [-0.1, -0.05) is 12.8 Å². The maximum atomic E-state index is 14.3. The van der Waals surface area contributed by atoms with E-state index in [0.29, 0.717) is 18.9 Å². The van der Waals surface area contributed by atoms with Crippen LogP contribution in [0.15, 0.2) is 35.4 Å². The molecule has 1 N–H and O–H groups in total. The number of sulfonamides is 1. The Morgan fingerprint density at radius 1 is 1.11 bits per heavy atom. The zero-order valence-electron chi connectivity index (χ0n) is 15.5. The van der Waals surface area contributed by atoms with E-state index >= 15 is 0 Å². The first-order chi connectivity index (χ1) is 13.5. The molecule has 2 heterocycles. The van der Waals surface area contributed by atoms with Crippen LogP contribution in [-0.2, 0) is 10.0 Å². The minimum atomic E-state index is -3.95. The molecule has 7 nitrogen and oxygen atoms in total. The van der Waals surface area contributed by atoms with Gasteiger partial charge in [0.2, 0.25) is 10.0 Å². The summed E-state index contributed by atoms with van der Waals surface area (Å²) >= 11 is 0. The first-order valence-corrected chi connectivity index (χ1v) is 11.1. The number of carbonyl (C=O) groups excluding carboxylic acids is 1. The van der Waals surface area contributed by atoms with Gasteiger partial charge in [-0.15, -0.1) is 0 Å². The van der Waals surface area contributed by atoms with Gasteiger partial charge in [0, 0.05) is 24.7 Å². The van der Waals surface area contributed by atoms with Crippen molar-refractivity contribution in [2.75, 3.05) is 18.4 Å². The Balaban J connectivity index is 1.58. The molecule has 2 fully saturated rings. The Hall–Kier alpha value is -2.26. The molecule has 4 rings (SSSR count). The third kappa shape index (κ3) is 3.56. The van der Waals surface area contributed by atoms with Gasteiger partial charge >= 0.3 is 0 Å². The molecule has 28 heavy (non-hydrogen) atoms. The number of anilines is 1. The van der Waals surface area contributed by atoms with Gasteiger partial charge in [0.15, 0.2) is 0 Å². The molecular formula is C19H23FN4O3S. The lowest BCUT2D eigenvalue weighted by molar-refractivity contribution is 0.102. The molecule has 1 amide bonds. The van der Waals surface area contributed by atoms with Gasteiger partial charge in [-0.25, -0.2) is 17.5 Å². The Kier molecular flexibility index (Phi) is 5.20. The molecule has 2 aromatic rings. The molecule has 0 bridgehead atoms. The highest BCUT2D eigenvalue weighted by Crippen LogP contribution is 2.31. The molecule has 150 valence electrons. The lowest BCUT2D eigenvalue weighted by Crippen LogP contribution is -2.29. The lowest BCUT2D eigenvalue weighted by atomic mass is 10.2. The summed E-state index contributed by atoms with van der Waals surface area (Å²) in [5.74, 6) is -0.776. The number of aromatic nitrogens is 2. The molecule has 1 aliphatic carbocycles. The predicted molar refractivity (Wildman–Crippen MR) is 102 cm³/mol. The Morgan fingerprint density at radius 3 is 2.54 bits per heavy atom. The van der Waals surface area contributed by atoms with Crippen molar-refractivity contribution in [2.24, 2.45) is 0 Å². The molecule has 0 unspecified atom stereocenters. The van der Waals surface area contributed by atoms with Gasteiger partial charge < -0.3 is 5.32 Å². The fourth-order valence-corrected chi connectivity index (χ4v) is 5.56. The van der Waals surface area contributed by atoms with E-state index in [9.17, 15) is 17.6 Å². The zero-order chi connectivity index (χ0) is 19.7.